The number of rotatable bonds is 3. The normalized spacial score (nSPS) is 15.9. The summed E-state index contributed by atoms with van der Waals surface area (Å²) >= 11 is 0. The molecule has 4 rings (SSSR count). The lowest BCUT2D eigenvalue weighted by Gasteiger charge is -2.32. The highest BCUT2D eigenvalue weighted by Gasteiger charge is 2.34. The Morgan fingerprint density at radius 3 is 2.52 bits per heavy atom. The van der Waals surface area contributed by atoms with E-state index in [9.17, 15) is 4.79 Å². The van der Waals surface area contributed by atoms with Gasteiger partial charge >= 0.3 is 5.97 Å². The van der Waals surface area contributed by atoms with Crippen molar-refractivity contribution in [3.05, 3.63) is 47.2 Å². The quantitative estimate of drug-likeness (QED) is 0.663. The number of hydrogen-bond donors (Lipinski definition) is 2. The minimum atomic E-state index is -0.929. The van der Waals surface area contributed by atoms with E-state index in [4.69, 9.17) is 10.2 Å². The van der Waals surface area contributed by atoms with Crippen LogP contribution in [-0.4, -0.2) is 31.1 Å². The Balaban J connectivity index is 1.75. The number of carbonyl (C=O) groups is 1. The molecule has 6 nitrogen and oxygen atoms in total. The second-order valence-corrected chi connectivity index (χ2v) is 9.75. The van der Waals surface area contributed by atoms with Crippen LogP contribution in [0.2, 0.25) is 0 Å². The maximum absolute atomic E-state index is 11.1. The summed E-state index contributed by atoms with van der Waals surface area (Å²) in [6, 6.07) is 8.78. The number of aromatic nitrogens is 4. The summed E-state index contributed by atoms with van der Waals surface area (Å²) in [5.74, 6) is -0.929. The van der Waals surface area contributed by atoms with Crippen LogP contribution in [0.5, 0.6) is 0 Å². The Hall–Kier alpha value is -2.89. The first-order chi connectivity index (χ1) is 13.5. The van der Waals surface area contributed by atoms with E-state index in [1.54, 1.807) is 24.3 Å². The molecule has 0 spiro atoms. The van der Waals surface area contributed by atoms with Crippen LogP contribution in [0.3, 0.4) is 0 Å². The summed E-state index contributed by atoms with van der Waals surface area (Å²) in [6.45, 7) is 11.2. The Morgan fingerprint density at radius 2 is 1.90 bits per heavy atom. The van der Waals surface area contributed by atoms with E-state index in [0.717, 1.165) is 41.9 Å². The van der Waals surface area contributed by atoms with E-state index >= 15 is 0 Å². The summed E-state index contributed by atoms with van der Waals surface area (Å²) in [7, 11) is 0. The van der Waals surface area contributed by atoms with Gasteiger partial charge in [-0.25, -0.2) is 4.79 Å². The molecule has 6 heteroatoms. The number of fused-ring (bicyclic) bond motifs is 1. The molecule has 1 aliphatic rings. The topological polar surface area (TPSA) is 83.8 Å². The highest BCUT2D eigenvalue weighted by Crippen LogP contribution is 2.40. The number of aromatic carboxylic acids is 1. The van der Waals surface area contributed by atoms with Crippen LogP contribution < -0.4 is 0 Å². The van der Waals surface area contributed by atoms with Crippen LogP contribution in [0.15, 0.2) is 30.3 Å². The molecular formula is C23H28N4O2. The first-order valence-electron chi connectivity index (χ1n) is 10.1. The first kappa shape index (κ1) is 19.4. The van der Waals surface area contributed by atoms with Crippen molar-refractivity contribution in [1.29, 1.82) is 0 Å². The van der Waals surface area contributed by atoms with Gasteiger partial charge < -0.3 is 5.11 Å². The van der Waals surface area contributed by atoms with Crippen LogP contribution in [0.1, 0.15) is 62.7 Å². The molecule has 0 atom stereocenters. The van der Waals surface area contributed by atoms with Gasteiger partial charge in [-0.3, -0.25) is 9.78 Å². The Bertz CT molecular complexity index is 1070. The number of aromatic amines is 1. The van der Waals surface area contributed by atoms with E-state index in [-0.39, 0.29) is 16.5 Å². The molecule has 29 heavy (non-hydrogen) atoms. The maximum atomic E-state index is 11.1. The van der Waals surface area contributed by atoms with Crippen molar-refractivity contribution in [2.75, 3.05) is 0 Å². The molecule has 0 amide bonds. The standard InChI is InChI=1S/C23H28N4O2/c1-22(2,3)27-19-13-23(4,5)11-10-16(19)20(26-27)18-12-17(24-25-18)14-6-8-15(9-7-14)21(28)29/h6-9,12H,10-11,13H2,1-5H3,(H,24,25)(H,28,29). The first-order valence-corrected chi connectivity index (χ1v) is 10.1. The summed E-state index contributed by atoms with van der Waals surface area (Å²) in [6.07, 6.45) is 3.17. The van der Waals surface area contributed by atoms with Crippen molar-refractivity contribution in [3.63, 3.8) is 0 Å². The molecule has 0 bridgehead atoms. The van der Waals surface area contributed by atoms with Crippen LogP contribution in [0.25, 0.3) is 22.6 Å². The van der Waals surface area contributed by atoms with Crippen molar-refractivity contribution in [3.8, 4) is 22.6 Å². The highest BCUT2D eigenvalue weighted by molar-refractivity contribution is 5.88. The fraction of sp³-hybridized carbons (Fsp3) is 0.435. The Kier molecular flexibility index (Phi) is 4.41. The van der Waals surface area contributed by atoms with Crippen LogP contribution in [0, 0.1) is 5.41 Å². The summed E-state index contributed by atoms with van der Waals surface area (Å²) in [4.78, 5) is 11.1. The van der Waals surface area contributed by atoms with Crippen LogP contribution in [0.4, 0.5) is 0 Å². The van der Waals surface area contributed by atoms with Gasteiger partial charge in [0.15, 0.2) is 0 Å². The van der Waals surface area contributed by atoms with Crippen LogP contribution in [-0.2, 0) is 18.4 Å². The lowest BCUT2D eigenvalue weighted by Crippen LogP contribution is -2.30. The lowest BCUT2D eigenvalue weighted by molar-refractivity contribution is 0.0697. The zero-order valence-electron chi connectivity index (χ0n) is 17.7. The third-order valence-electron chi connectivity index (χ3n) is 5.68. The molecule has 1 aliphatic carbocycles. The van der Waals surface area contributed by atoms with E-state index in [1.165, 1.54) is 11.3 Å². The molecule has 0 aliphatic heterocycles. The van der Waals surface area contributed by atoms with Gasteiger partial charge in [0.2, 0.25) is 0 Å². The highest BCUT2D eigenvalue weighted by atomic mass is 16.4. The molecule has 2 N–H and O–H groups in total. The average molecular weight is 393 g/mol. The SMILES string of the molecule is CC1(C)CCc2c(-c3cc(-c4ccc(C(=O)O)cc4)n[nH]3)nn(C(C)(C)C)c2C1. The predicted molar refractivity (Wildman–Crippen MR) is 113 cm³/mol. The number of carboxylic acids is 1. The molecule has 0 saturated heterocycles. The lowest BCUT2D eigenvalue weighted by atomic mass is 9.76. The molecule has 0 radical (unpaired) electrons. The second-order valence-electron chi connectivity index (χ2n) is 9.75. The fourth-order valence-electron chi connectivity index (χ4n) is 4.08. The number of carboxylic acid groups (broad SMARTS) is 1. The third-order valence-corrected chi connectivity index (χ3v) is 5.68. The minimum absolute atomic E-state index is 0.0920. The van der Waals surface area contributed by atoms with E-state index in [0.29, 0.717) is 0 Å². The Morgan fingerprint density at radius 1 is 1.21 bits per heavy atom. The van der Waals surface area contributed by atoms with Gasteiger partial charge in [-0.15, -0.1) is 0 Å². The number of nitrogens with zero attached hydrogens (tertiary/aromatic N) is 3. The zero-order valence-corrected chi connectivity index (χ0v) is 17.7. The molecule has 0 saturated carbocycles. The van der Waals surface area contributed by atoms with Crippen molar-refractivity contribution in [2.45, 2.75) is 59.4 Å². The monoisotopic (exact) mass is 392 g/mol. The summed E-state index contributed by atoms with van der Waals surface area (Å²) in [5.41, 5.74) is 6.64. The minimum Gasteiger partial charge on any atom is -0.478 e. The molecule has 0 fully saturated rings. The van der Waals surface area contributed by atoms with E-state index in [1.807, 2.05) is 6.07 Å². The van der Waals surface area contributed by atoms with Crippen molar-refractivity contribution >= 4 is 5.97 Å². The molecule has 3 aromatic rings. The van der Waals surface area contributed by atoms with Crippen LogP contribution >= 0.6 is 0 Å². The molecule has 0 unspecified atom stereocenters. The number of H-pyrrole nitrogens is 1. The molecule has 1 aromatic carbocycles. The van der Waals surface area contributed by atoms with Gasteiger partial charge in [-0.05, 0) is 63.6 Å². The van der Waals surface area contributed by atoms with Gasteiger partial charge in [0.25, 0.3) is 0 Å². The zero-order chi connectivity index (χ0) is 21.0. The van der Waals surface area contributed by atoms with Gasteiger partial charge in [0.1, 0.15) is 5.69 Å². The smallest absolute Gasteiger partial charge is 0.335 e. The van der Waals surface area contributed by atoms with Gasteiger partial charge in [-0.1, -0.05) is 26.0 Å². The van der Waals surface area contributed by atoms with Crippen molar-refractivity contribution in [1.82, 2.24) is 20.0 Å². The molecule has 2 heterocycles. The Labute approximate surface area is 171 Å². The van der Waals surface area contributed by atoms with Gasteiger partial charge in [0.05, 0.1) is 22.5 Å². The van der Waals surface area contributed by atoms with Crippen molar-refractivity contribution < 1.29 is 9.90 Å². The van der Waals surface area contributed by atoms with E-state index in [2.05, 4.69) is 49.5 Å². The average Bonchev–Trinajstić information content (AvgIpc) is 3.24. The molecule has 2 aromatic heterocycles. The summed E-state index contributed by atoms with van der Waals surface area (Å²) < 4.78 is 2.18. The molecule has 152 valence electrons. The largest absolute Gasteiger partial charge is 0.478 e. The van der Waals surface area contributed by atoms with E-state index < -0.39 is 5.97 Å². The summed E-state index contributed by atoms with van der Waals surface area (Å²) in [5, 5.41) is 21.7. The molecular weight excluding hydrogens is 364 g/mol. The maximum Gasteiger partial charge on any atom is 0.335 e. The number of benzene rings is 1. The fourth-order valence-corrected chi connectivity index (χ4v) is 4.08. The van der Waals surface area contributed by atoms with Gasteiger partial charge in [0, 0.05) is 16.8 Å². The predicted octanol–water partition coefficient (Wildman–Crippen LogP) is 4.91. The number of nitrogens with one attached hydrogen (secondary N) is 1. The van der Waals surface area contributed by atoms with Gasteiger partial charge in [-0.2, -0.15) is 10.2 Å². The number of hydrogen-bond acceptors (Lipinski definition) is 3. The van der Waals surface area contributed by atoms with Crippen molar-refractivity contribution in [2.24, 2.45) is 5.41 Å². The second kappa shape index (κ2) is 6.58. The third kappa shape index (κ3) is 3.59.